The molecule has 0 fully saturated rings. The Morgan fingerprint density at radius 1 is 1.50 bits per heavy atom. The molecule has 0 saturated carbocycles. The van der Waals surface area contributed by atoms with E-state index in [0.717, 1.165) is 17.9 Å². The van der Waals surface area contributed by atoms with Crippen LogP contribution in [0.4, 0.5) is 0 Å². The normalized spacial score (nSPS) is 12.1. The molecule has 1 unspecified atom stereocenters. The molecule has 1 rings (SSSR count). The molecule has 0 aliphatic heterocycles. The predicted molar refractivity (Wildman–Crippen MR) is 70.6 cm³/mol. The summed E-state index contributed by atoms with van der Waals surface area (Å²) in [4.78, 5) is 0. The number of benzene rings is 1. The maximum absolute atomic E-state index is 8.77. The van der Waals surface area contributed by atoms with Gasteiger partial charge in [0.1, 0.15) is 0 Å². The Hall–Kier alpha value is -0.980. The van der Waals surface area contributed by atoms with E-state index in [1.54, 1.807) is 0 Å². The van der Waals surface area contributed by atoms with Crippen LogP contribution in [0, 0.1) is 18.3 Å². The number of nitrogens with one attached hydrogen (secondary N) is 1. The van der Waals surface area contributed by atoms with Gasteiger partial charge in [-0.25, -0.2) is 0 Å². The molecule has 0 amide bonds. The first kappa shape index (κ1) is 13.1. The third-order valence-electron chi connectivity index (χ3n) is 2.53. The van der Waals surface area contributed by atoms with Crippen LogP contribution in [-0.4, -0.2) is 18.1 Å². The smallest absolute Gasteiger partial charge is 0.0991 e. The molecule has 0 aliphatic rings. The summed E-state index contributed by atoms with van der Waals surface area (Å²) in [6, 6.07) is 8.53. The zero-order valence-corrected chi connectivity index (χ0v) is 10.9. The molecule has 1 N–H and O–H groups in total. The van der Waals surface area contributed by atoms with Crippen molar-refractivity contribution in [1.29, 1.82) is 5.26 Å². The number of rotatable bonds is 5. The van der Waals surface area contributed by atoms with Crippen molar-refractivity contribution in [3.8, 4) is 6.07 Å². The van der Waals surface area contributed by atoms with Gasteiger partial charge in [-0.3, -0.25) is 0 Å². The largest absolute Gasteiger partial charge is 0.309 e. The van der Waals surface area contributed by atoms with E-state index in [1.165, 1.54) is 11.1 Å². The van der Waals surface area contributed by atoms with Gasteiger partial charge in [-0.1, -0.05) is 6.07 Å². The van der Waals surface area contributed by atoms with Crippen LogP contribution in [0.3, 0.4) is 0 Å². The highest BCUT2D eigenvalue weighted by molar-refractivity contribution is 7.98. The van der Waals surface area contributed by atoms with Crippen LogP contribution in [0.5, 0.6) is 0 Å². The summed E-state index contributed by atoms with van der Waals surface area (Å²) < 4.78 is 0. The number of nitrogens with zero attached hydrogens (tertiary/aromatic N) is 1. The second-order valence-corrected chi connectivity index (χ2v) is 4.90. The van der Waals surface area contributed by atoms with Crippen LogP contribution in [-0.2, 0) is 6.54 Å². The lowest BCUT2D eigenvalue weighted by Gasteiger charge is -2.13. The summed E-state index contributed by atoms with van der Waals surface area (Å²) in [7, 11) is 0. The van der Waals surface area contributed by atoms with E-state index in [0.29, 0.717) is 6.04 Å². The standard InChI is InChI=1S/C13H18N2S/c1-10-6-12(7-14)4-5-13(10)8-15-11(2)9-16-3/h4-6,11,15H,8-9H2,1-3H3. The maximum atomic E-state index is 8.77. The average molecular weight is 234 g/mol. The maximum Gasteiger partial charge on any atom is 0.0991 e. The highest BCUT2D eigenvalue weighted by atomic mass is 32.2. The van der Waals surface area contributed by atoms with Gasteiger partial charge in [-0.15, -0.1) is 0 Å². The zero-order chi connectivity index (χ0) is 12.0. The van der Waals surface area contributed by atoms with Gasteiger partial charge >= 0.3 is 0 Å². The molecule has 0 spiro atoms. The van der Waals surface area contributed by atoms with Crippen LogP contribution in [0.2, 0.25) is 0 Å². The Bertz CT molecular complexity index is 382. The van der Waals surface area contributed by atoms with Gasteiger partial charge in [0.25, 0.3) is 0 Å². The van der Waals surface area contributed by atoms with Crippen molar-refractivity contribution < 1.29 is 0 Å². The third-order valence-corrected chi connectivity index (χ3v) is 3.36. The lowest BCUT2D eigenvalue weighted by atomic mass is 10.1. The summed E-state index contributed by atoms with van der Waals surface area (Å²) in [5.41, 5.74) is 3.19. The molecule has 0 aliphatic carbocycles. The van der Waals surface area contributed by atoms with E-state index in [4.69, 9.17) is 5.26 Å². The van der Waals surface area contributed by atoms with Gasteiger partial charge in [-0.05, 0) is 43.4 Å². The van der Waals surface area contributed by atoms with E-state index in [2.05, 4.69) is 31.5 Å². The number of hydrogen-bond acceptors (Lipinski definition) is 3. The summed E-state index contributed by atoms with van der Waals surface area (Å²) >= 11 is 1.85. The second-order valence-electron chi connectivity index (χ2n) is 3.99. The van der Waals surface area contributed by atoms with Crippen molar-refractivity contribution in [3.63, 3.8) is 0 Å². The minimum absolute atomic E-state index is 0.519. The van der Waals surface area contributed by atoms with Gasteiger partial charge in [0.05, 0.1) is 11.6 Å². The van der Waals surface area contributed by atoms with Gasteiger partial charge in [0.2, 0.25) is 0 Å². The SMILES string of the molecule is CSCC(C)NCc1ccc(C#N)cc1C. The number of thioether (sulfide) groups is 1. The Morgan fingerprint density at radius 2 is 2.25 bits per heavy atom. The van der Waals surface area contributed by atoms with E-state index >= 15 is 0 Å². The Kier molecular flexibility index (Phi) is 5.37. The van der Waals surface area contributed by atoms with Gasteiger partial charge < -0.3 is 5.32 Å². The number of aryl methyl sites for hydroxylation is 1. The van der Waals surface area contributed by atoms with E-state index in [9.17, 15) is 0 Å². The van der Waals surface area contributed by atoms with Crippen LogP contribution in [0.25, 0.3) is 0 Å². The van der Waals surface area contributed by atoms with Gasteiger partial charge in [0.15, 0.2) is 0 Å². The Morgan fingerprint density at radius 3 is 2.81 bits per heavy atom. The highest BCUT2D eigenvalue weighted by Crippen LogP contribution is 2.10. The molecule has 0 radical (unpaired) electrons. The Balaban J connectivity index is 2.58. The van der Waals surface area contributed by atoms with Crippen LogP contribution < -0.4 is 5.32 Å². The van der Waals surface area contributed by atoms with Crippen molar-refractivity contribution >= 4 is 11.8 Å². The molecule has 86 valence electrons. The fourth-order valence-corrected chi connectivity index (χ4v) is 2.17. The van der Waals surface area contributed by atoms with Crippen molar-refractivity contribution in [2.45, 2.75) is 26.4 Å². The molecule has 2 nitrogen and oxygen atoms in total. The third kappa shape index (κ3) is 3.88. The van der Waals surface area contributed by atoms with Crippen LogP contribution >= 0.6 is 11.8 Å². The minimum atomic E-state index is 0.519. The molecule has 16 heavy (non-hydrogen) atoms. The zero-order valence-electron chi connectivity index (χ0n) is 10.1. The molecule has 0 bridgehead atoms. The first-order chi connectivity index (χ1) is 7.67. The van der Waals surface area contributed by atoms with Crippen molar-refractivity contribution in [2.24, 2.45) is 0 Å². The van der Waals surface area contributed by atoms with Gasteiger partial charge in [-0.2, -0.15) is 17.0 Å². The lowest BCUT2D eigenvalue weighted by molar-refractivity contribution is 0.595. The van der Waals surface area contributed by atoms with Crippen molar-refractivity contribution in [3.05, 3.63) is 34.9 Å². The first-order valence-electron chi connectivity index (χ1n) is 5.39. The van der Waals surface area contributed by atoms with Crippen molar-refractivity contribution in [2.75, 3.05) is 12.0 Å². The summed E-state index contributed by atoms with van der Waals surface area (Å²) in [6.07, 6.45) is 2.12. The Labute approximate surface area is 102 Å². The molecule has 0 aromatic heterocycles. The molecule has 1 aromatic rings. The van der Waals surface area contributed by atoms with Gasteiger partial charge in [0, 0.05) is 18.3 Å². The molecule has 1 aromatic carbocycles. The van der Waals surface area contributed by atoms with E-state index < -0.39 is 0 Å². The van der Waals surface area contributed by atoms with Crippen LogP contribution in [0.1, 0.15) is 23.6 Å². The lowest BCUT2D eigenvalue weighted by Crippen LogP contribution is -2.27. The quantitative estimate of drug-likeness (QED) is 0.851. The fraction of sp³-hybridized carbons (Fsp3) is 0.462. The summed E-state index contributed by atoms with van der Waals surface area (Å²) in [5.74, 6) is 1.12. The van der Waals surface area contributed by atoms with Crippen molar-refractivity contribution in [1.82, 2.24) is 5.32 Å². The predicted octanol–water partition coefficient (Wildman–Crippen LogP) is 2.71. The fourth-order valence-electron chi connectivity index (χ4n) is 1.56. The monoisotopic (exact) mass is 234 g/mol. The average Bonchev–Trinajstić information content (AvgIpc) is 2.27. The number of hydrogen-bond donors (Lipinski definition) is 1. The number of nitriles is 1. The van der Waals surface area contributed by atoms with Crippen LogP contribution in [0.15, 0.2) is 18.2 Å². The van der Waals surface area contributed by atoms with E-state index in [-0.39, 0.29) is 0 Å². The molecular weight excluding hydrogens is 216 g/mol. The molecule has 3 heteroatoms. The minimum Gasteiger partial charge on any atom is -0.309 e. The molecule has 0 saturated heterocycles. The summed E-state index contributed by atoms with van der Waals surface area (Å²) in [6.45, 7) is 5.12. The molecule has 1 atom stereocenters. The topological polar surface area (TPSA) is 35.8 Å². The molecule has 0 heterocycles. The molecular formula is C13H18N2S. The second kappa shape index (κ2) is 6.57. The highest BCUT2D eigenvalue weighted by Gasteiger charge is 2.03. The van der Waals surface area contributed by atoms with E-state index in [1.807, 2.05) is 30.0 Å². The summed E-state index contributed by atoms with van der Waals surface area (Å²) in [5, 5.41) is 12.2. The first-order valence-corrected chi connectivity index (χ1v) is 6.78.